The third-order valence-electron chi connectivity index (χ3n) is 5.35. The Morgan fingerprint density at radius 3 is 2.74 bits per heavy atom. The summed E-state index contributed by atoms with van der Waals surface area (Å²) in [6.45, 7) is 4.67. The van der Waals surface area contributed by atoms with Gasteiger partial charge in [-0.2, -0.15) is 0 Å². The number of piperidine rings is 1. The van der Waals surface area contributed by atoms with Crippen LogP contribution in [0.5, 0.6) is 5.75 Å². The summed E-state index contributed by atoms with van der Waals surface area (Å²) in [5, 5.41) is 10.5. The van der Waals surface area contributed by atoms with Gasteiger partial charge in [-0.25, -0.2) is 0 Å². The molecule has 1 aliphatic rings. The van der Waals surface area contributed by atoms with E-state index in [-0.39, 0.29) is 17.6 Å². The number of amides is 2. The van der Waals surface area contributed by atoms with Gasteiger partial charge in [0.25, 0.3) is 5.91 Å². The van der Waals surface area contributed by atoms with Gasteiger partial charge in [0.15, 0.2) is 6.10 Å². The molecular weight excluding hydrogens is 392 g/mol. The number of hydrogen-bond acceptors (Lipinski definition) is 4. The molecule has 0 aromatic heterocycles. The molecule has 1 heterocycles. The molecule has 4 N–H and O–H groups in total. The van der Waals surface area contributed by atoms with E-state index in [0.717, 1.165) is 37.1 Å². The van der Waals surface area contributed by atoms with Crippen molar-refractivity contribution in [3.8, 4) is 5.75 Å². The van der Waals surface area contributed by atoms with Crippen molar-refractivity contribution in [2.24, 2.45) is 5.73 Å². The molecule has 1 saturated heterocycles. The quantitative estimate of drug-likeness (QED) is 0.441. The Hall–Kier alpha value is -3.35. The summed E-state index contributed by atoms with van der Waals surface area (Å²) >= 11 is 0. The first-order valence-electron chi connectivity index (χ1n) is 10.7. The topological polar surface area (TPSA) is 109 Å². The molecule has 7 nitrogen and oxygen atoms in total. The second kappa shape index (κ2) is 10.1. The molecule has 2 amide bonds. The average Bonchev–Trinajstić information content (AvgIpc) is 2.74. The lowest BCUT2D eigenvalue weighted by Crippen LogP contribution is -2.35. The Labute approximate surface area is 183 Å². The number of carbonyl (C=O) groups excluding carboxylic acids is 2. The number of nitrogens with zero attached hydrogens (tertiary/aromatic N) is 1. The predicted molar refractivity (Wildman–Crippen MR) is 123 cm³/mol. The van der Waals surface area contributed by atoms with Crippen molar-refractivity contribution in [1.29, 1.82) is 5.41 Å². The number of rotatable bonds is 8. The van der Waals surface area contributed by atoms with E-state index in [4.69, 9.17) is 15.9 Å². The van der Waals surface area contributed by atoms with E-state index in [1.165, 1.54) is 0 Å². The number of amidine groups is 1. The number of benzene rings is 2. The number of aryl methyl sites for hydroxylation is 1. The van der Waals surface area contributed by atoms with Gasteiger partial charge in [-0.1, -0.05) is 25.5 Å². The van der Waals surface area contributed by atoms with Gasteiger partial charge < -0.3 is 20.7 Å². The van der Waals surface area contributed by atoms with Crippen molar-refractivity contribution in [2.75, 3.05) is 16.8 Å². The summed E-state index contributed by atoms with van der Waals surface area (Å²) in [6, 6.07) is 12.5. The van der Waals surface area contributed by atoms with E-state index in [2.05, 4.69) is 5.32 Å². The maximum absolute atomic E-state index is 12.9. The molecule has 0 radical (unpaired) electrons. The highest BCUT2D eigenvalue weighted by Gasteiger charge is 2.23. The van der Waals surface area contributed by atoms with Gasteiger partial charge in [-0.3, -0.25) is 15.0 Å². The minimum Gasteiger partial charge on any atom is -0.481 e. The maximum atomic E-state index is 12.9. The Balaban J connectivity index is 1.71. The van der Waals surface area contributed by atoms with Gasteiger partial charge in [0.05, 0.1) is 0 Å². The van der Waals surface area contributed by atoms with Gasteiger partial charge in [0, 0.05) is 29.9 Å². The van der Waals surface area contributed by atoms with Crippen LogP contribution < -0.4 is 20.7 Å². The smallest absolute Gasteiger partial charge is 0.265 e. The van der Waals surface area contributed by atoms with Crippen LogP contribution in [0, 0.1) is 12.3 Å². The van der Waals surface area contributed by atoms with E-state index in [1.54, 1.807) is 24.3 Å². The van der Waals surface area contributed by atoms with Crippen LogP contribution in [-0.2, 0) is 9.59 Å². The molecule has 0 saturated carbocycles. The van der Waals surface area contributed by atoms with Crippen LogP contribution in [0.15, 0.2) is 42.5 Å². The highest BCUT2D eigenvalue weighted by Crippen LogP contribution is 2.27. The van der Waals surface area contributed by atoms with Gasteiger partial charge in [-0.05, 0) is 62.1 Å². The van der Waals surface area contributed by atoms with E-state index in [1.807, 2.05) is 36.9 Å². The molecule has 1 atom stereocenters. The molecule has 0 aliphatic carbocycles. The summed E-state index contributed by atoms with van der Waals surface area (Å²) in [4.78, 5) is 27.0. The second-order valence-electron chi connectivity index (χ2n) is 7.83. The highest BCUT2D eigenvalue weighted by atomic mass is 16.5. The molecule has 1 aliphatic heterocycles. The van der Waals surface area contributed by atoms with Gasteiger partial charge in [0.1, 0.15) is 11.6 Å². The zero-order valence-electron chi connectivity index (χ0n) is 18.1. The highest BCUT2D eigenvalue weighted by molar-refractivity contribution is 5.97. The third kappa shape index (κ3) is 5.63. The van der Waals surface area contributed by atoms with Crippen molar-refractivity contribution in [2.45, 2.75) is 52.1 Å². The van der Waals surface area contributed by atoms with E-state index in [0.29, 0.717) is 29.8 Å². The number of nitrogens with one attached hydrogen (secondary N) is 2. The van der Waals surface area contributed by atoms with Crippen LogP contribution >= 0.6 is 0 Å². The van der Waals surface area contributed by atoms with Crippen LogP contribution in [-0.4, -0.2) is 30.3 Å². The fraction of sp³-hybridized carbons (Fsp3) is 0.375. The van der Waals surface area contributed by atoms with Crippen LogP contribution in [0.4, 0.5) is 11.4 Å². The molecule has 0 bridgehead atoms. The van der Waals surface area contributed by atoms with E-state index >= 15 is 0 Å². The lowest BCUT2D eigenvalue weighted by atomic mass is 10.1. The van der Waals surface area contributed by atoms with E-state index < -0.39 is 6.10 Å². The van der Waals surface area contributed by atoms with E-state index in [9.17, 15) is 9.59 Å². The molecule has 1 fully saturated rings. The summed E-state index contributed by atoms with van der Waals surface area (Å²) < 4.78 is 5.93. The number of nitrogen functional groups attached to an aromatic ring is 1. The van der Waals surface area contributed by atoms with Crippen molar-refractivity contribution in [3.63, 3.8) is 0 Å². The molecule has 7 heteroatoms. The average molecular weight is 423 g/mol. The molecule has 31 heavy (non-hydrogen) atoms. The molecule has 164 valence electrons. The SMILES string of the molecule is CCCC(Oc1cccc(C(=N)N)c1)C(=O)Nc1ccc(N2CCCCC2=O)c(C)c1. The molecule has 2 aromatic carbocycles. The normalized spacial score (nSPS) is 14.8. The molecule has 3 rings (SSSR count). The first-order chi connectivity index (χ1) is 14.9. The first-order valence-corrected chi connectivity index (χ1v) is 10.7. The number of anilines is 2. The Bertz CT molecular complexity index is 973. The number of carbonyl (C=O) groups is 2. The second-order valence-corrected chi connectivity index (χ2v) is 7.83. The predicted octanol–water partition coefficient (Wildman–Crippen LogP) is 3.98. The van der Waals surface area contributed by atoms with Crippen molar-refractivity contribution in [1.82, 2.24) is 0 Å². The Morgan fingerprint density at radius 1 is 1.26 bits per heavy atom. The summed E-state index contributed by atoms with van der Waals surface area (Å²) in [7, 11) is 0. The minimum absolute atomic E-state index is 0.0512. The fourth-order valence-electron chi connectivity index (χ4n) is 3.73. The summed E-state index contributed by atoms with van der Waals surface area (Å²) in [5.74, 6) is 0.354. The lowest BCUT2D eigenvalue weighted by molar-refractivity contribution is -0.123. The zero-order chi connectivity index (χ0) is 22.4. The number of ether oxygens (including phenoxy) is 1. The fourth-order valence-corrected chi connectivity index (χ4v) is 3.73. The number of nitrogens with two attached hydrogens (primary N) is 1. The van der Waals surface area contributed by atoms with Gasteiger partial charge in [-0.15, -0.1) is 0 Å². The monoisotopic (exact) mass is 422 g/mol. The zero-order valence-corrected chi connectivity index (χ0v) is 18.1. The molecular formula is C24H30N4O3. The van der Waals surface area contributed by atoms with Gasteiger partial charge >= 0.3 is 0 Å². The third-order valence-corrected chi connectivity index (χ3v) is 5.35. The Kier molecular flexibility index (Phi) is 7.28. The van der Waals surface area contributed by atoms with Crippen molar-refractivity contribution >= 4 is 29.0 Å². The molecule has 0 spiro atoms. The summed E-state index contributed by atoms with van der Waals surface area (Å²) in [5.41, 5.74) is 8.59. The molecule has 2 aromatic rings. The largest absolute Gasteiger partial charge is 0.481 e. The van der Waals surface area contributed by atoms with Gasteiger partial charge in [0.2, 0.25) is 5.91 Å². The number of hydrogen-bond donors (Lipinski definition) is 3. The van der Waals surface area contributed by atoms with Crippen molar-refractivity contribution < 1.29 is 14.3 Å². The lowest BCUT2D eigenvalue weighted by Gasteiger charge is -2.28. The van der Waals surface area contributed by atoms with Crippen molar-refractivity contribution in [3.05, 3.63) is 53.6 Å². The first kappa shape index (κ1) is 22.3. The van der Waals surface area contributed by atoms with Crippen LogP contribution in [0.25, 0.3) is 0 Å². The van der Waals surface area contributed by atoms with Crippen LogP contribution in [0.3, 0.4) is 0 Å². The minimum atomic E-state index is -0.670. The Morgan fingerprint density at radius 2 is 2.06 bits per heavy atom. The molecule has 1 unspecified atom stereocenters. The standard InChI is InChI=1S/C24H30N4O3/c1-3-7-21(31-19-9-6-8-17(15-19)23(25)26)24(30)27-18-11-12-20(16(2)14-18)28-13-5-4-10-22(28)29/h6,8-9,11-12,14-15,21H,3-5,7,10,13H2,1-2H3,(H3,25,26)(H,27,30). The maximum Gasteiger partial charge on any atom is 0.265 e. The summed E-state index contributed by atoms with van der Waals surface area (Å²) in [6.07, 6.45) is 3.19. The van der Waals surface area contributed by atoms with Crippen LogP contribution in [0.1, 0.15) is 50.2 Å². The van der Waals surface area contributed by atoms with Crippen LogP contribution in [0.2, 0.25) is 0 Å².